The maximum atomic E-state index is 12.5. The van der Waals surface area contributed by atoms with Gasteiger partial charge in [0.25, 0.3) is 0 Å². The van der Waals surface area contributed by atoms with Crippen molar-refractivity contribution in [2.45, 2.75) is 51.9 Å². The number of aromatic nitrogens is 2. The molecule has 3 heterocycles. The van der Waals surface area contributed by atoms with Gasteiger partial charge in [0.15, 0.2) is 5.60 Å². The van der Waals surface area contributed by atoms with Gasteiger partial charge in [-0.05, 0) is 74.4 Å². The highest BCUT2D eigenvalue weighted by atomic mass is 16.6. The summed E-state index contributed by atoms with van der Waals surface area (Å²) >= 11 is 0. The SMILES string of the molecule is CC(C)(C)OC(=O)N1CCCN(c2ccc(-c3ccc(OCC4(C)Cn5cc([N+](=O)[O-])nc5O4)cc3)cc2)CC1. The van der Waals surface area contributed by atoms with Crippen LogP contribution in [0.15, 0.2) is 54.7 Å². The lowest BCUT2D eigenvalue weighted by Crippen LogP contribution is -2.39. The van der Waals surface area contributed by atoms with Crippen molar-refractivity contribution >= 4 is 17.6 Å². The number of imidazole rings is 1. The van der Waals surface area contributed by atoms with Crippen LogP contribution in [0.2, 0.25) is 0 Å². The van der Waals surface area contributed by atoms with E-state index in [9.17, 15) is 14.9 Å². The number of fused-ring (bicyclic) bond motifs is 1. The van der Waals surface area contributed by atoms with Crippen LogP contribution in [0.3, 0.4) is 0 Å². The van der Waals surface area contributed by atoms with Crippen molar-refractivity contribution in [3.8, 4) is 22.9 Å². The number of benzene rings is 2. The number of carbonyl (C=O) groups excluding carboxylic acids is 1. The first kappa shape index (κ1) is 27.3. The van der Waals surface area contributed by atoms with E-state index in [-0.39, 0.29) is 24.5 Å². The summed E-state index contributed by atoms with van der Waals surface area (Å²) in [5.74, 6) is 0.484. The van der Waals surface area contributed by atoms with E-state index in [0.717, 1.165) is 36.3 Å². The third-order valence-corrected chi connectivity index (χ3v) is 6.87. The number of carbonyl (C=O) groups is 1. The molecule has 1 atom stereocenters. The Morgan fingerprint density at radius 3 is 2.35 bits per heavy atom. The highest BCUT2D eigenvalue weighted by Gasteiger charge is 2.41. The predicted octanol–water partition coefficient (Wildman–Crippen LogP) is 5.14. The molecule has 11 nitrogen and oxygen atoms in total. The third kappa shape index (κ3) is 6.30. The summed E-state index contributed by atoms with van der Waals surface area (Å²) in [7, 11) is 0. The number of hydrogen-bond acceptors (Lipinski definition) is 8. The fourth-order valence-corrected chi connectivity index (χ4v) is 4.89. The van der Waals surface area contributed by atoms with Gasteiger partial charge in [-0.2, -0.15) is 0 Å². The second-order valence-electron chi connectivity index (χ2n) is 11.5. The zero-order chi connectivity index (χ0) is 28.5. The molecule has 40 heavy (non-hydrogen) atoms. The van der Waals surface area contributed by atoms with Gasteiger partial charge >= 0.3 is 17.9 Å². The van der Waals surface area contributed by atoms with E-state index in [4.69, 9.17) is 14.2 Å². The summed E-state index contributed by atoms with van der Waals surface area (Å²) in [5, 5.41) is 10.9. The van der Waals surface area contributed by atoms with Crippen LogP contribution < -0.4 is 14.4 Å². The van der Waals surface area contributed by atoms with Crippen LogP contribution in [0.5, 0.6) is 11.8 Å². The summed E-state index contributed by atoms with van der Waals surface area (Å²) in [5.41, 5.74) is 2.14. The topological polar surface area (TPSA) is 112 Å². The Bertz CT molecular complexity index is 1340. The zero-order valence-corrected chi connectivity index (χ0v) is 23.3. The van der Waals surface area contributed by atoms with E-state index in [1.165, 1.54) is 6.20 Å². The van der Waals surface area contributed by atoms with Crippen molar-refractivity contribution in [3.63, 3.8) is 0 Å². The highest BCUT2D eigenvalue weighted by Crippen LogP contribution is 2.32. The summed E-state index contributed by atoms with van der Waals surface area (Å²) < 4.78 is 19.0. The molecule has 212 valence electrons. The maximum absolute atomic E-state index is 12.5. The predicted molar refractivity (Wildman–Crippen MR) is 150 cm³/mol. The van der Waals surface area contributed by atoms with Crippen LogP contribution in [0.1, 0.15) is 34.1 Å². The van der Waals surface area contributed by atoms with Crippen LogP contribution in [-0.4, -0.2) is 69.5 Å². The molecule has 0 aliphatic carbocycles. The monoisotopic (exact) mass is 549 g/mol. The van der Waals surface area contributed by atoms with Crippen molar-refractivity contribution in [2.75, 3.05) is 37.7 Å². The number of amides is 1. The first-order valence-corrected chi connectivity index (χ1v) is 13.4. The molecule has 0 saturated carbocycles. The molecule has 0 radical (unpaired) electrons. The van der Waals surface area contributed by atoms with Crippen molar-refractivity contribution in [1.29, 1.82) is 0 Å². The fourth-order valence-electron chi connectivity index (χ4n) is 4.89. The van der Waals surface area contributed by atoms with Gasteiger partial charge in [-0.15, -0.1) is 0 Å². The molecule has 0 spiro atoms. The molecule has 3 aromatic rings. The molecule has 2 aromatic carbocycles. The smallest absolute Gasteiger partial charge is 0.415 e. The molecule has 2 aliphatic rings. The molecule has 0 N–H and O–H groups in total. The van der Waals surface area contributed by atoms with Gasteiger partial charge in [-0.1, -0.05) is 24.3 Å². The molecular formula is C29H35N5O6. The first-order chi connectivity index (χ1) is 19.0. The van der Waals surface area contributed by atoms with E-state index in [1.54, 1.807) is 9.47 Å². The molecule has 1 amide bonds. The Balaban J connectivity index is 1.14. The Morgan fingerprint density at radius 2 is 1.73 bits per heavy atom. The molecule has 2 aliphatic heterocycles. The van der Waals surface area contributed by atoms with Crippen molar-refractivity contribution < 1.29 is 23.9 Å². The average molecular weight is 550 g/mol. The minimum absolute atomic E-state index is 0.224. The number of hydrogen-bond donors (Lipinski definition) is 0. The van der Waals surface area contributed by atoms with E-state index in [0.29, 0.717) is 25.4 Å². The molecular weight excluding hydrogens is 514 g/mol. The third-order valence-electron chi connectivity index (χ3n) is 6.87. The lowest BCUT2D eigenvalue weighted by molar-refractivity contribution is -0.389. The molecule has 1 aromatic heterocycles. The fraction of sp³-hybridized carbons (Fsp3) is 0.448. The molecule has 1 fully saturated rings. The lowest BCUT2D eigenvalue weighted by Gasteiger charge is -2.27. The van der Waals surface area contributed by atoms with Gasteiger partial charge in [-0.25, -0.2) is 4.79 Å². The Labute approximate surface area is 233 Å². The van der Waals surface area contributed by atoms with Gasteiger partial charge in [0.2, 0.25) is 0 Å². The van der Waals surface area contributed by atoms with Crippen molar-refractivity contribution in [1.82, 2.24) is 14.5 Å². The van der Waals surface area contributed by atoms with Crippen molar-refractivity contribution in [2.24, 2.45) is 0 Å². The Kier molecular flexibility index (Phi) is 7.31. The zero-order valence-electron chi connectivity index (χ0n) is 23.3. The van der Waals surface area contributed by atoms with Crippen LogP contribution in [0, 0.1) is 10.1 Å². The van der Waals surface area contributed by atoms with Gasteiger partial charge in [-0.3, -0.25) is 4.57 Å². The Hall–Kier alpha value is -4.28. The van der Waals surface area contributed by atoms with Crippen molar-refractivity contribution in [3.05, 3.63) is 64.8 Å². The number of nitro groups is 1. The van der Waals surface area contributed by atoms with Crippen LogP contribution in [0.25, 0.3) is 11.1 Å². The second-order valence-corrected chi connectivity index (χ2v) is 11.5. The highest BCUT2D eigenvalue weighted by molar-refractivity contribution is 5.69. The van der Waals surface area contributed by atoms with Gasteiger partial charge in [0.1, 0.15) is 24.2 Å². The van der Waals surface area contributed by atoms with E-state index in [2.05, 4.69) is 34.1 Å². The van der Waals surface area contributed by atoms with Crippen LogP contribution in [-0.2, 0) is 11.3 Å². The molecule has 5 rings (SSSR count). The largest absolute Gasteiger partial charge is 0.489 e. The lowest BCUT2D eigenvalue weighted by atomic mass is 10.0. The number of rotatable bonds is 6. The Morgan fingerprint density at radius 1 is 1.05 bits per heavy atom. The maximum Gasteiger partial charge on any atom is 0.415 e. The molecule has 1 saturated heterocycles. The van der Waals surface area contributed by atoms with Crippen LogP contribution in [0.4, 0.5) is 16.3 Å². The molecule has 0 bridgehead atoms. The van der Waals surface area contributed by atoms with E-state index >= 15 is 0 Å². The summed E-state index contributed by atoms with van der Waals surface area (Å²) in [4.78, 5) is 30.9. The number of ether oxygens (including phenoxy) is 3. The standard InChI is InChI=1S/C29H35N5O6/c1-28(2,3)40-27(35)32-15-5-14-31(16-17-32)23-10-6-21(7-11-23)22-8-12-24(13-9-22)38-20-29(4)19-33-18-25(34(36)37)30-26(33)39-29/h6-13,18H,5,14-17,19-20H2,1-4H3. The minimum atomic E-state index is -0.663. The summed E-state index contributed by atoms with van der Waals surface area (Å²) in [6.45, 7) is 11.2. The van der Waals surface area contributed by atoms with E-state index < -0.39 is 16.1 Å². The number of nitrogens with zero attached hydrogens (tertiary/aromatic N) is 5. The second kappa shape index (κ2) is 10.7. The van der Waals surface area contributed by atoms with E-state index in [1.807, 2.05) is 52.0 Å². The molecule has 11 heteroatoms. The number of anilines is 1. The summed E-state index contributed by atoms with van der Waals surface area (Å²) in [6.07, 6.45) is 2.02. The van der Waals surface area contributed by atoms with Gasteiger partial charge in [0, 0.05) is 36.9 Å². The summed E-state index contributed by atoms with van der Waals surface area (Å²) in [6, 6.07) is 16.6. The molecule has 1 unspecified atom stereocenters. The first-order valence-electron chi connectivity index (χ1n) is 13.4. The minimum Gasteiger partial charge on any atom is -0.489 e. The van der Waals surface area contributed by atoms with Gasteiger partial charge < -0.3 is 34.1 Å². The normalized spacial score (nSPS) is 19.0. The van der Waals surface area contributed by atoms with Crippen LogP contribution >= 0.6 is 0 Å². The van der Waals surface area contributed by atoms with Gasteiger partial charge in [0.05, 0.1) is 6.54 Å². The quantitative estimate of drug-likeness (QED) is 0.307. The average Bonchev–Trinajstić information content (AvgIpc) is 3.31.